The first-order chi connectivity index (χ1) is 11.5. The summed E-state index contributed by atoms with van der Waals surface area (Å²) in [6, 6.07) is 6.34. The lowest BCUT2D eigenvalue weighted by Crippen LogP contribution is -2.45. The highest BCUT2D eigenvalue weighted by molar-refractivity contribution is 7.89. The highest BCUT2D eigenvalue weighted by Gasteiger charge is 2.33. The maximum absolute atomic E-state index is 12.8. The first-order valence-electron chi connectivity index (χ1n) is 8.41. The normalized spacial score (nSPS) is 19.0. The fraction of sp³-hybridized carbons (Fsp3) is 0.588. The van der Waals surface area contributed by atoms with Gasteiger partial charge in [-0.15, -0.1) is 0 Å². The van der Waals surface area contributed by atoms with E-state index in [4.69, 9.17) is 4.74 Å². The van der Waals surface area contributed by atoms with Crippen molar-refractivity contribution in [1.82, 2.24) is 9.62 Å². The van der Waals surface area contributed by atoms with Crippen LogP contribution >= 0.6 is 0 Å². The van der Waals surface area contributed by atoms with Crippen molar-refractivity contribution in [2.24, 2.45) is 5.92 Å². The lowest BCUT2D eigenvalue weighted by atomic mass is 9.99. The van der Waals surface area contributed by atoms with Crippen LogP contribution in [0.5, 0.6) is 5.75 Å². The minimum absolute atomic E-state index is 0.0434. The third-order valence-electron chi connectivity index (χ3n) is 4.28. The Labute approximate surface area is 144 Å². The number of hydrogen-bond donors (Lipinski definition) is 1. The van der Waals surface area contributed by atoms with E-state index < -0.39 is 10.0 Å². The minimum atomic E-state index is -3.58. The van der Waals surface area contributed by atoms with E-state index in [-0.39, 0.29) is 23.3 Å². The van der Waals surface area contributed by atoms with Gasteiger partial charge in [0.25, 0.3) is 0 Å². The molecule has 0 bridgehead atoms. The number of piperidine rings is 1. The molecule has 24 heavy (non-hydrogen) atoms. The predicted molar refractivity (Wildman–Crippen MR) is 92.4 cm³/mol. The Kier molecular flexibility index (Phi) is 6.62. The van der Waals surface area contributed by atoms with E-state index in [9.17, 15) is 13.2 Å². The summed E-state index contributed by atoms with van der Waals surface area (Å²) >= 11 is 0. The highest BCUT2D eigenvalue weighted by Crippen LogP contribution is 2.25. The summed E-state index contributed by atoms with van der Waals surface area (Å²) < 4.78 is 32.0. The SMILES string of the molecule is CCCCNC(=O)C1CCCN(S(=O)(=O)c2ccc(OC)cc2)C1. The first kappa shape index (κ1) is 18.7. The van der Waals surface area contributed by atoms with E-state index in [1.54, 1.807) is 24.3 Å². The molecule has 0 aliphatic carbocycles. The predicted octanol–water partition coefficient (Wildman–Crippen LogP) is 2.01. The second kappa shape index (κ2) is 8.48. The van der Waals surface area contributed by atoms with Gasteiger partial charge in [-0.05, 0) is 43.5 Å². The number of nitrogens with one attached hydrogen (secondary N) is 1. The molecule has 1 amide bonds. The van der Waals surface area contributed by atoms with Gasteiger partial charge in [-0.25, -0.2) is 8.42 Å². The van der Waals surface area contributed by atoms with Gasteiger partial charge in [0, 0.05) is 19.6 Å². The summed E-state index contributed by atoms with van der Waals surface area (Å²) in [5, 5.41) is 2.90. The molecule has 134 valence electrons. The number of methoxy groups -OCH3 is 1. The van der Waals surface area contributed by atoms with E-state index in [1.807, 2.05) is 0 Å². The summed E-state index contributed by atoms with van der Waals surface area (Å²) in [6.45, 7) is 3.41. The van der Waals surface area contributed by atoms with E-state index in [1.165, 1.54) is 11.4 Å². The van der Waals surface area contributed by atoms with E-state index in [0.717, 1.165) is 19.3 Å². The number of amides is 1. The molecule has 0 aromatic heterocycles. The second-order valence-corrected chi connectivity index (χ2v) is 7.96. The molecule has 1 aromatic rings. The quantitative estimate of drug-likeness (QED) is 0.760. The van der Waals surface area contributed by atoms with Crippen molar-refractivity contribution in [2.45, 2.75) is 37.5 Å². The van der Waals surface area contributed by atoms with Crippen molar-refractivity contribution in [3.05, 3.63) is 24.3 Å². The molecule has 1 atom stereocenters. The smallest absolute Gasteiger partial charge is 0.243 e. The van der Waals surface area contributed by atoms with Gasteiger partial charge >= 0.3 is 0 Å². The van der Waals surface area contributed by atoms with Crippen molar-refractivity contribution < 1.29 is 17.9 Å². The molecule has 0 saturated carbocycles. The minimum Gasteiger partial charge on any atom is -0.497 e. The van der Waals surface area contributed by atoms with Gasteiger partial charge in [-0.2, -0.15) is 4.31 Å². The number of sulfonamides is 1. The number of nitrogens with zero attached hydrogens (tertiary/aromatic N) is 1. The van der Waals surface area contributed by atoms with E-state index in [2.05, 4.69) is 12.2 Å². The van der Waals surface area contributed by atoms with Crippen LogP contribution in [0.1, 0.15) is 32.6 Å². The largest absolute Gasteiger partial charge is 0.497 e. The number of unbranched alkanes of at least 4 members (excludes halogenated alkanes) is 1. The van der Waals surface area contributed by atoms with Crippen LogP contribution in [0.2, 0.25) is 0 Å². The van der Waals surface area contributed by atoms with Gasteiger partial charge in [-0.3, -0.25) is 4.79 Å². The third-order valence-corrected chi connectivity index (χ3v) is 6.16. The van der Waals surface area contributed by atoms with Crippen LogP contribution in [0.4, 0.5) is 0 Å². The van der Waals surface area contributed by atoms with Crippen LogP contribution in [-0.2, 0) is 14.8 Å². The zero-order chi connectivity index (χ0) is 17.6. The van der Waals surface area contributed by atoms with Gasteiger partial charge in [-0.1, -0.05) is 13.3 Å². The van der Waals surface area contributed by atoms with Crippen LogP contribution in [0, 0.1) is 5.92 Å². The standard InChI is InChI=1S/C17H26N2O4S/c1-3-4-11-18-17(20)14-6-5-12-19(13-14)24(21,22)16-9-7-15(23-2)8-10-16/h7-10,14H,3-6,11-13H2,1-2H3,(H,18,20). The molecule has 6 nitrogen and oxygen atoms in total. The van der Waals surface area contributed by atoms with Gasteiger partial charge < -0.3 is 10.1 Å². The fourth-order valence-corrected chi connectivity index (χ4v) is 4.33. The summed E-state index contributed by atoms with van der Waals surface area (Å²) in [6.07, 6.45) is 3.38. The van der Waals surface area contributed by atoms with E-state index >= 15 is 0 Å². The lowest BCUT2D eigenvalue weighted by Gasteiger charge is -2.31. The average Bonchev–Trinajstić information content (AvgIpc) is 2.62. The van der Waals surface area contributed by atoms with Crippen molar-refractivity contribution in [1.29, 1.82) is 0 Å². The monoisotopic (exact) mass is 354 g/mol. The van der Waals surface area contributed by atoms with Gasteiger partial charge in [0.2, 0.25) is 15.9 Å². The molecule has 0 radical (unpaired) electrons. The number of hydrogen-bond acceptors (Lipinski definition) is 4. The number of carbonyl (C=O) groups excluding carboxylic acids is 1. The van der Waals surface area contributed by atoms with Crippen LogP contribution in [-0.4, -0.2) is 45.4 Å². The molecule has 1 fully saturated rings. The Morgan fingerprint density at radius 3 is 2.67 bits per heavy atom. The number of rotatable bonds is 7. The molecular formula is C17H26N2O4S. The molecule has 1 N–H and O–H groups in total. The average molecular weight is 354 g/mol. The fourth-order valence-electron chi connectivity index (χ4n) is 2.80. The van der Waals surface area contributed by atoms with Crippen LogP contribution < -0.4 is 10.1 Å². The van der Waals surface area contributed by atoms with Gasteiger partial charge in [0.05, 0.1) is 17.9 Å². The Bertz CT molecular complexity index is 643. The summed E-state index contributed by atoms with van der Waals surface area (Å²) in [5.41, 5.74) is 0. The molecule has 0 spiro atoms. The van der Waals surface area contributed by atoms with Crippen LogP contribution in [0.25, 0.3) is 0 Å². The first-order valence-corrected chi connectivity index (χ1v) is 9.85. The Hall–Kier alpha value is -1.60. The lowest BCUT2D eigenvalue weighted by molar-refractivity contribution is -0.126. The van der Waals surface area contributed by atoms with E-state index in [0.29, 0.717) is 25.3 Å². The van der Waals surface area contributed by atoms with Crippen molar-refractivity contribution in [3.8, 4) is 5.75 Å². The zero-order valence-corrected chi connectivity index (χ0v) is 15.1. The zero-order valence-electron chi connectivity index (χ0n) is 14.3. The highest BCUT2D eigenvalue weighted by atomic mass is 32.2. The second-order valence-electron chi connectivity index (χ2n) is 6.02. The molecular weight excluding hydrogens is 328 g/mol. The number of carbonyl (C=O) groups is 1. The van der Waals surface area contributed by atoms with Crippen molar-refractivity contribution in [3.63, 3.8) is 0 Å². The summed E-state index contributed by atoms with van der Waals surface area (Å²) in [4.78, 5) is 12.4. The molecule has 1 unspecified atom stereocenters. The number of benzene rings is 1. The summed E-state index contributed by atoms with van der Waals surface area (Å²) in [7, 11) is -2.04. The number of ether oxygens (including phenoxy) is 1. The Balaban J connectivity index is 2.05. The van der Waals surface area contributed by atoms with Crippen LogP contribution in [0.3, 0.4) is 0 Å². The molecule has 1 aliphatic rings. The molecule has 1 saturated heterocycles. The molecule has 1 heterocycles. The van der Waals surface area contributed by atoms with Gasteiger partial charge in [0.15, 0.2) is 0 Å². The topological polar surface area (TPSA) is 75.7 Å². The maximum Gasteiger partial charge on any atom is 0.243 e. The third kappa shape index (κ3) is 4.48. The molecule has 7 heteroatoms. The van der Waals surface area contributed by atoms with Crippen LogP contribution in [0.15, 0.2) is 29.2 Å². The Morgan fingerprint density at radius 1 is 1.33 bits per heavy atom. The van der Waals surface area contributed by atoms with Crippen molar-refractivity contribution in [2.75, 3.05) is 26.7 Å². The Morgan fingerprint density at radius 2 is 2.04 bits per heavy atom. The van der Waals surface area contributed by atoms with Gasteiger partial charge in [0.1, 0.15) is 5.75 Å². The summed E-state index contributed by atoms with van der Waals surface area (Å²) in [5.74, 6) is 0.294. The molecule has 1 aliphatic heterocycles. The molecule has 1 aromatic carbocycles. The van der Waals surface area contributed by atoms with Crippen molar-refractivity contribution >= 4 is 15.9 Å². The molecule has 2 rings (SSSR count). The maximum atomic E-state index is 12.8.